The Balaban J connectivity index is 2.09. The van der Waals surface area contributed by atoms with Crippen molar-refractivity contribution < 1.29 is 9.90 Å². The number of carbonyl (C=O) groups excluding carboxylic acids is 1. The molecule has 2 aliphatic carbocycles. The number of aliphatic hydroxyl groups is 1. The van der Waals surface area contributed by atoms with Crippen LogP contribution in [0.4, 0.5) is 0 Å². The Morgan fingerprint density at radius 2 is 2.06 bits per heavy atom. The van der Waals surface area contributed by atoms with Crippen LogP contribution in [0.5, 0.6) is 0 Å². The lowest BCUT2D eigenvalue weighted by Crippen LogP contribution is -2.36. The van der Waals surface area contributed by atoms with Crippen LogP contribution >= 0.6 is 0 Å². The Bertz CT molecular complexity index is 501. The molecule has 88 valence electrons. The topological polar surface area (TPSA) is 37.3 Å². The van der Waals surface area contributed by atoms with Gasteiger partial charge in [-0.1, -0.05) is 35.9 Å². The molecule has 1 N–H and O–H groups in total. The number of benzene rings is 1. The van der Waals surface area contributed by atoms with Crippen molar-refractivity contribution in [3.8, 4) is 0 Å². The Kier molecular flexibility index (Phi) is 2.40. The third-order valence-corrected chi connectivity index (χ3v) is 4.08. The highest BCUT2D eigenvalue weighted by Gasteiger charge is 2.41. The van der Waals surface area contributed by atoms with Gasteiger partial charge in [-0.3, -0.25) is 4.79 Å². The fraction of sp³-hybridized carbons (Fsp3) is 0.400. The van der Waals surface area contributed by atoms with Crippen molar-refractivity contribution in [2.75, 3.05) is 0 Å². The van der Waals surface area contributed by atoms with Crippen molar-refractivity contribution in [2.24, 2.45) is 11.8 Å². The fourth-order valence-electron chi connectivity index (χ4n) is 3.14. The van der Waals surface area contributed by atoms with Gasteiger partial charge in [-0.2, -0.15) is 0 Å². The number of Topliss-reactive ketones (excluding diaryl/α,β-unsaturated/α-hetero) is 1. The molecule has 0 spiro atoms. The molecule has 3 atom stereocenters. The van der Waals surface area contributed by atoms with Crippen LogP contribution in [0, 0.1) is 11.8 Å². The minimum atomic E-state index is -0.488. The lowest BCUT2D eigenvalue weighted by molar-refractivity contribution is 0.0451. The molecule has 0 fully saturated rings. The molecular formula is C15H16O2. The Hall–Kier alpha value is -1.41. The first-order valence-electron chi connectivity index (χ1n) is 6.15. The van der Waals surface area contributed by atoms with Gasteiger partial charge in [0.05, 0.1) is 6.10 Å². The fourth-order valence-corrected chi connectivity index (χ4v) is 3.14. The molecule has 17 heavy (non-hydrogen) atoms. The highest BCUT2D eigenvalue weighted by molar-refractivity contribution is 6.00. The van der Waals surface area contributed by atoms with Crippen molar-refractivity contribution in [3.63, 3.8) is 0 Å². The summed E-state index contributed by atoms with van der Waals surface area (Å²) in [7, 11) is 0. The maximum Gasteiger partial charge on any atom is 0.167 e. The van der Waals surface area contributed by atoms with Gasteiger partial charge in [0.2, 0.25) is 0 Å². The van der Waals surface area contributed by atoms with Crippen molar-refractivity contribution in [3.05, 3.63) is 47.0 Å². The minimum Gasteiger partial charge on any atom is -0.388 e. The zero-order valence-corrected chi connectivity index (χ0v) is 9.89. The van der Waals surface area contributed by atoms with Crippen LogP contribution in [0.3, 0.4) is 0 Å². The molecule has 0 aromatic heterocycles. The summed E-state index contributed by atoms with van der Waals surface area (Å²) >= 11 is 0. The van der Waals surface area contributed by atoms with Crippen LogP contribution in [0.1, 0.15) is 41.8 Å². The van der Waals surface area contributed by atoms with E-state index >= 15 is 0 Å². The van der Waals surface area contributed by atoms with E-state index in [0.29, 0.717) is 5.56 Å². The summed E-state index contributed by atoms with van der Waals surface area (Å²) in [5.74, 6) is 0.255. The summed E-state index contributed by atoms with van der Waals surface area (Å²) in [4.78, 5) is 12.4. The van der Waals surface area contributed by atoms with E-state index in [1.54, 1.807) is 0 Å². The molecule has 2 nitrogen and oxygen atoms in total. The maximum atomic E-state index is 12.4. The first kappa shape index (κ1) is 10.7. The number of carbonyl (C=O) groups is 1. The van der Waals surface area contributed by atoms with E-state index in [1.807, 2.05) is 24.3 Å². The number of ketones is 1. The first-order valence-corrected chi connectivity index (χ1v) is 6.15. The molecular weight excluding hydrogens is 212 g/mol. The molecule has 0 saturated carbocycles. The lowest BCUT2D eigenvalue weighted by atomic mass is 9.67. The largest absolute Gasteiger partial charge is 0.388 e. The number of fused-ring (bicyclic) bond motifs is 2. The molecule has 1 aromatic rings. The lowest BCUT2D eigenvalue weighted by Gasteiger charge is -2.38. The van der Waals surface area contributed by atoms with E-state index in [-0.39, 0.29) is 17.6 Å². The molecule has 2 heteroatoms. The average Bonchev–Trinajstić information content (AvgIpc) is 2.36. The standard InChI is InChI=1S/C15H16O2/c1-9-6-7-12-13(8-9)15(17)11-5-3-2-4-10(11)14(12)16/h2-6,12-13,15,17H,7-8H2,1H3/t12-,13+,15-/m1/s1. The molecule has 0 aliphatic heterocycles. The normalized spacial score (nSPS) is 31.5. The number of hydrogen-bond donors (Lipinski definition) is 1. The minimum absolute atomic E-state index is 0.0244. The van der Waals surface area contributed by atoms with Crippen LogP contribution in [0.25, 0.3) is 0 Å². The summed E-state index contributed by atoms with van der Waals surface area (Å²) in [6.07, 6.45) is 3.27. The van der Waals surface area contributed by atoms with Crippen molar-refractivity contribution in [1.82, 2.24) is 0 Å². The second-order valence-electron chi connectivity index (χ2n) is 5.16. The average molecular weight is 228 g/mol. The van der Waals surface area contributed by atoms with Gasteiger partial charge in [0, 0.05) is 17.4 Å². The SMILES string of the molecule is CC1=CC[C@H]2C(=O)c3ccccc3[C@@H](O)[C@H]2C1. The molecule has 1 aromatic carbocycles. The van der Waals surface area contributed by atoms with E-state index in [1.165, 1.54) is 5.57 Å². The van der Waals surface area contributed by atoms with Crippen molar-refractivity contribution in [2.45, 2.75) is 25.9 Å². The zero-order chi connectivity index (χ0) is 12.0. The van der Waals surface area contributed by atoms with Gasteiger partial charge in [0.1, 0.15) is 0 Å². The van der Waals surface area contributed by atoms with Gasteiger partial charge in [-0.15, -0.1) is 0 Å². The van der Waals surface area contributed by atoms with Gasteiger partial charge in [0.15, 0.2) is 5.78 Å². The second-order valence-corrected chi connectivity index (χ2v) is 5.16. The monoisotopic (exact) mass is 228 g/mol. The van der Waals surface area contributed by atoms with E-state index in [2.05, 4.69) is 13.0 Å². The van der Waals surface area contributed by atoms with E-state index in [9.17, 15) is 9.90 Å². The number of rotatable bonds is 0. The van der Waals surface area contributed by atoms with Gasteiger partial charge < -0.3 is 5.11 Å². The predicted molar refractivity (Wildman–Crippen MR) is 65.7 cm³/mol. The highest BCUT2D eigenvalue weighted by Crippen LogP contribution is 2.44. The maximum absolute atomic E-state index is 12.4. The molecule has 0 unspecified atom stereocenters. The van der Waals surface area contributed by atoms with E-state index < -0.39 is 6.10 Å². The van der Waals surface area contributed by atoms with E-state index in [4.69, 9.17) is 0 Å². The summed E-state index contributed by atoms with van der Waals surface area (Å²) in [5.41, 5.74) is 2.82. The molecule has 2 aliphatic rings. The van der Waals surface area contributed by atoms with Gasteiger partial charge in [-0.25, -0.2) is 0 Å². The summed E-state index contributed by atoms with van der Waals surface area (Å²) in [5, 5.41) is 10.4. The summed E-state index contributed by atoms with van der Waals surface area (Å²) < 4.78 is 0. The molecule has 3 rings (SSSR count). The first-order chi connectivity index (χ1) is 8.18. The van der Waals surface area contributed by atoms with Gasteiger partial charge in [0.25, 0.3) is 0 Å². The van der Waals surface area contributed by atoms with Crippen LogP contribution in [-0.2, 0) is 0 Å². The number of hydrogen-bond acceptors (Lipinski definition) is 2. The molecule has 0 heterocycles. The Labute approximate surface area is 101 Å². The third-order valence-electron chi connectivity index (χ3n) is 4.08. The van der Waals surface area contributed by atoms with Crippen molar-refractivity contribution >= 4 is 5.78 Å². The molecule has 0 bridgehead atoms. The van der Waals surface area contributed by atoms with Crippen molar-refractivity contribution in [1.29, 1.82) is 0 Å². The molecule has 0 amide bonds. The van der Waals surface area contributed by atoms with Crippen LogP contribution in [0.15, 0.2) is 35.9 Å². The molecule has 0 radical (unpaired) electrons. The quantitative estimate of drug-likeness (QED) is 0.693. The third kappa shape index (κ3) is 1.55. The van der Waals surface area contributed by atoms with Crippen LogP contribution < -0.4 is 0 Å². The van der Waals surface area contributed by atoms with E-state index in [0.717, 1.165) is 18.4 Å². The zero-order valence-electron chi connectivity index (χ0n) is 9.89. The molecule has 0 saturated heterocycles. The smallest absolute Gasteiger partial charge is 0.167 e. The summed E-state index contributed by atoms with van der Waals surface area (Å²) in [6.45, 7) is 2.08. The Morgan fingerprint density at radius 1 is 1.29 bits per heavy atom. The predicted octanol–water partition coefficient (Wildman–Crippen LogP) is 2.89. The summed E-state index contributed by atoms with van der Waals surface area (Å²) in [6, 6.07) is 7.47. The highest BCUT2D eigenvalue weighted by atomic mass is 16.3. The Morgan fingerprint density at radius 3 is 2.88 bits per heavy atom. The number of allylic oxidation sites excluding steroid dienone is 2. The van der Waals surface area contributed by atoms with Gasteiger partial charge in [-0.05, 0) is 25.3 Å². The number of aliphatic hydroxyl groups excluding tert-OH is 1. The van der Waals surface area contributed by atoms with Gasteiger partial charge >= 0.3 is 0 Å². The van der Waals surface area contributed by atoms with Crippen LogP contribution in [-0.4, -0.2) is 10.9 Å². The second kappa shape index (κ2) is 3.81. The van der Waals surface area contributed by atoms with Crippen LogP contribution in [0.2, 0.25) is 0 Å².